The second-order valence-corrected chi connectivity index (χ2v) is 2.55. The molecule has 0 spiro atoms. The van der Waals surface area contributed by atoms with E-state index in [9.17, 15) is 0 Å². The second-order valence-electron chi connectivity index (χ2n) is 2.55. The SMILES string of the molecule is C=C(C)CC(C)OCOC. The van der Waals surface area contributed by atoms with Crippen LogP contribution in [-0.4, -0.2) is 20.0 Å². The van der Waals surface area contributed by atoms with Crippen LogP contribution in [0.4, 0.5) is 0 Å². The Bertz CT molecular complexity index is 99.4. The van der Waals surface area contributed by atoms with Crippen molar-refractivity contribution in [3.63, 3.8) is 0 Å². The van der Waals surface area contributed by atoms with Gasteiger partial charge in [0.15, 0.2) is 0 Å². The molecule has 0 radical (unpaired) electrons. The number of hydrogen-bond acceptors (Lipinski definition) is 2. The van der Waals surface area contributed by atoms with Gasteiger partial charge in [-0.2, -0.15) is 0 Å². The Morgan fingerprint density at radius 2 is 2.20 bits per heavy atom. The molecule has 0 aromatic heterocycles. The average Bonchev–Trinajstić information content (AvgIpc) is 1.82. The molecule has 2 nitrogen and oxygen atoms in total. The third-order valence-electron chi connectivity index (χ3n) is 1.11. The molecule has 0 saturated carbocycles. The lowest BCUT2D eigenvalue weighted by Gasteiger charge is -2.11. The van der Waals surface area contributed by atoms with E-state index in [0.717, 1.165) is 12.0 Å². The van der Waals surface area contributed by atoms with Crippen molar-refractivity contribution in [2.75, 3.05) is 13.9 Å². The van der Waals surface area contributed by atoms with Crippen molar-refractivity contribution in [2.45, 2.75) is 26.4 Å². The summed E-state index contributed by atoms with van der Waals surface area (Å²) in [5, 5.41) is 0. The molecule has 0 aliphatic heterocycles. The van der Waals surface area contributed by atoms with Gasteiger partial charge in [0.2, 0.25) is 0 Å². The summed E-state index contributed by atoms with van der Waals surface area (Å²) in [6, 6.07) is 0. The lowest BCUT2D eigenvalue weighted by Crippen LogP contribution is -2.10. The molecule has 0 N–H and O–H groups in total. The molecule has 0 amide bonds. The molecule has 0 bridgehead atoms. The largest absolute Gasteiger partial charge is 0.359 e. The molecule has 0 fully saturated rings. The maximum atomic E-state index is 5.22. The predicted molar refractivity (Wildman–Crippen MR) is 41.9 cm³/mol. The quantitative estimate of drug-likeness (QED) is 0.434. The zero-order valence-corrected chi connectivity index (χ0v) is 7.02. The maximum absolute atomic E-state index is 5.22. The van der Waals surface area contributed by atoms with Gasteiger partial charge in [0.05, 0.1) is 6.10 Å². The Morgan fingerprint density at radius 3 is 2.60 bits per heavy atom. The normalized spacial score (nSPS) is 13.1. The first-order chi connectivity index (χ1) is 4.66. The van der Waals surface area contributed by atoms with Crippen LogP contribution in [0.15, 0.2) is 12.2 Å². The summed E-state index contributed by atoms with van der Waals surface area (Å²) < 4.78 is 9.96. The van der Waals surface area contributed by atoms with Crippen LogP contribution in [-0.2, 0) is 9.47 Å². The van der Waals surface area contributed by atoms with E-state index in [2.05, 4.69) is 6.58 Å². The molecule has 1 atom stereocenters. The van der Waals surface area contributed by atoms with E-state index in [1.54, 1.807) is 7.11 Å². The van der Waals surface area contributed by atoms with Crippen molar-refractivity contribution in [2.24, 2.45) is 0 Å². The Morgan fingerprint density at radius 1 is 1.60 bits per heavy atom. The van der Waals surface area contributed by atoms with E-state index in [-0.39, 0.29) is 6.10 Å². The minimum absolute atomic E-state index is 0.220. The average molecular weight is 144 g/mol. The smallest absolute Gasteiger partial charge is 0.146 e. The maximum Gasteiger partial charge on any atom is 0.146 e. The van der Waals surface area contributed by atoms with E-state index in [4.69, 9.17) is 9.47 Å². The van der Waals surface area contributed by atoms with Crippen molar-refractivity contribution in [3.8, 4) is 0 Å². The molecule has 60 valence electrons. The first-order valence-electron chi connectivity index (χ1n) is 3.41. The highest BCUT2D eigenvalue weighted by Crippen LogP contribution is 2.04. The zero-order valence-electron chi connectivity index (χ0n) is 7.02. The first kappa shape index (κ1) is 9.66. The molecule has 0 saturated heterocycles. The fraction of sp³-hybridized carbons (Fsp3) is 0.750. The summed E-state index contributed by atoms with van der Waals surface area (Å²) in [5.74, 6) is 0. The van der Waals surface area contributed by atoms with Gasteiger partial charge in [0.25, 0.3) is 0 Å². The van der Waals surface area contributed by atoms with E-state index in [1.807, 2.05) is 13.8 Å². The molecule has 2 heteroatoms. The highest BCUT2D eigenvalue weighted by Gasteiger charge is 2.00. The topological polar surface area (TPSA) is 18.5 Å². The standard InChI is InChI=1S/C8H16O2/c1-7(2)5-8(3)10-6-9-4/h8H,1,5-6H2,2-4H3. The first-order valence-corrected chi connectivity index (χ1v) is 3.41. The van der Waals surface area contributed by atoms with Crippen LogP contribution < -0.4 is 0 Å². The molecule has 0 aromatic carbocycles. The van der Waals surface area contributed by atoms with Gasteiger partial charge in [0, 0.05) is 7.11 Å². The molecule has 0 rings (SSSR count). The summed E-state index contributed by atoms with van der Waals surface area (Å²) >= 11 is 0. The molecular formula is C8H16O2. The van der Waals surface area contributed by atoms with Crippen molar-refractivity contribution in [3.05, 3.63) is 12.2 Å². The van der Waals surface area contributed by atoms with Gasteiger partial charge in [-0.3, -0.25) is 0 Å². The van der Waals surface area contributed by atoms with E-state index in [0.29, 0.717) is 6.79 Å². The van der Waals surface area contributed by atoms with Gasteiger partial charge >= 0.3 is 0 Å². The summed E-state index contributed by atoms with van der Waals surface area (Å²) in [6.07, 6.45) is 1.13. The monoisotopic (exact) mass is 144 g/mol. The summed E-state index contributed by atoms with van der Waals surface area (Å²) in [7, 11) is 1.62. The van der Waals surface area contributed by atoms with Gasteiger partial charge < -0.3 is 9.47 Å². The van der Waals surface area contributed by atoms with Crippen molar-refractivity contribution in [1.29, 1.82) is 0 Å². The number of methoxy groups -OCH3 is 1. The van der Waals surface area contributed by atoms with Gasteiger partial charge in [0.1, 0.15) is 6.79 Å². The number of ether oxygens (including phenoxy) is 2. The molecular weight excluding hydrogens is 128 g/mol. The van der Waals surface area contributed by atoms with Gasteiger partial charge in [-0.15, -0.1) is 6.58 Å². The van der Waals surface area contributed by atoms with Crippen LogP contribution in [0.1, 0.15) is 20.3 Å². The lowest BCUT2D eigenvalue weighted by molar-refractivity contribution is -0.0645. The Hall–Kier alpha value is -0.340. The Labute approximate surface area is 62.8 Å². The van der Waals surface area contributed by atoms with E-state index < -0.39 is 0 Å². The van der Waals surface area contributed by atoms with Crippen LogP contribution in [0.2, 0.25) is 0 Å². The minimum atomic E-state index is 0.220. The highest BCUT2D eigenvalue weighted by molar-refractivity contribution is 4.89. The highest BCUT2D eigenvalue weighted by atomic mass is 16.7. The van der Waals surface area contributed by atoms with E-state index >= 15 is 0 Å². The van der Waals surface area contributed by atoms with E-state index in [1.165, 1.54) is 0 Å². The van der Waals surface area contributed by atoms with Gasteiger partial charge in [-0.25, -0.2) is 0 Å². The van der Waals surface area contributed by atoms with Crippen molar-refractivity contribution >= 4 is 0 Å². The van der Waals surface area contributed by atoms with Crippen molar-refractivity contribution in [1.82, 2.24) is 0 Å². The van der Waals surface area contributed by atoms with Crippen LogP contribution in [0.3, 0.4) is 0 Å². The summed E-state index contributed by atoms with van der Waals surface area (Å²) in [4.78, 5) is 0. The number of rotatable bonds is 5. The Kier molecular flexibility index (Phi) is 5.26. The zero-order chi connectivity index (χ0) is 7.98. The molecule has 1 unspecified atom stereocenters. The summed E-state index contributed by atoms with van der Waals surface area (Å²) in [6.45, 7) is 8.15. The molecule has 0 aliphatic carbocycles. The fourth-order valence-electron chi connectivity index (χ4n) is 0.734. The number of hydrogen-bond donors (Lipinski definition) is 0. The Balaban J connectivity index is 3.25. The van der Waals surface area contributed by atoms with Crippen LogP contribution in [0.5, 0.6) is 0 Å². The fourth-order valence-corrected chi connectivity index (χ4v) is 0.734. The van der Waals surface area contributed by atoms with Crippen LogP contribution in [0, 0.1) is 0 Å². The van der Waals surface area contributed by atoms with Crippen LogP contribution in [0.25, 0.3) is 0 Å². The van der Waals surface area contributed by atoms with Crippen LogP contribution >= 0.6 is 0 Å². The third-order valence-corrected chi connectivity index (χ3v) is 1.11. The lowest BCUT2D eigenvalue weighted by atomic mass is 10.2. The third kappa shape index (κ3) is 5.79. The predicted octanol–water partition coefficient (Wildman–Crippen LogP) is 1.96. The molecule has 0 aliphatic rings. The summed E-state index contributed by atoms with van der Waals surface area (Å²) in [5.41, 5.74) is 1.14. The van der Waals surface area contributed by atoms with Gasteiger partial charge in [-0.05, 0) is 20.3 Å². The van der Waals surface area contributed by atoms with Crippen molar-refractivity contribution < 1.29 is 9.47 Å². The molecule has 0 heterocycles. The van der Waals surface area contributed by atoms with Gasteiger partial charge in [-0.1, -0.05) is 5.57 Å². The minimum Gasteiger partial charge on any atom is -0.359 e. The molecule has 0 aromatic rings. The second kappa shape index (κ2) is 5.45. The molecule has 10 heavy (non-hydrogen) atoms.